The summed E-state index contributed by atoms with van der Waals surface area (Å²) in [5, 5.41) is 9.49. The average molecular weight is 269 g/mol. The van der Waals surface area contributed by atoms with Crippen molar-refractivity contribution in [3.63, 3.8) is 0 Å². The first-order chi connectivity index (χ1) is 9.06. The van der Waals surface area contributed by atoms with Crippen molar-refractivity contribution in [1.82, 2.24) is 9.97 Å². The van der Waals surface area contributed by atoms with E-state index in [2.05, 4.69) is 14.7 Å². The third-order valence-electron chi connectivity index (χ3n) is 2.67. The smallest absolute Gasteiger partial charge is 0.165 e. The van der Waals surface area contributed by atoms with Gasteiger partial charge in [-0.1, -0.05) is 0 Å². The van der Waals surface area contributed by atoms with Gasteiger partial charge in [0.25, 0.3) is 0 Å². The normalized spacial score (nSPS) is 12.5. The molecule has 0 aliphatic carbocycles. The zero-order valence-electron chi connectivity index (χ0n) is 10.2. The third kappa shape index (κ3) is 2.56. The Bertz CT molecular complexity index is 586. The lowest BCUT2D eigenvalue weighted by Crippen LogP contribution is -2.12. The van der Waals surface area contributed by atoms with Crippen LogP contribution in [-0.2, 0) is 0 Å². The second-order valence-electron chi connectivity index (χ2n) is 3.90. The highest BCUT2D eigenvalue weighted by Crippen LogP contribution is 2.28. The van der Waals surface area contributed by atoms with Gasteiger partial charge in [-0.25, -0.2) is 13.8 Å². The maximum atomic E-state index is 13.8. The number of ether oxygens (including phenoxy) is 1. The number of aliphatic hydroxyl groups is 1. The van der Waals surface area contributed by atoms with Gasteiger partial charge in [0, 0.05) is 18.2 Å². The molecule has 0 amide bonds. The van der Waals surface area contributed by atoms with Gasteiger partial charge in [0.15, 0.2) is 11.6 Å². The Labute approximate surface area is 108 Å². The SMILES string of the molecule is COc1cc(F)c(-c2cnc(C(O)CN)[nH]2)cc1F. The van der Waals surface area contributed by atoms with Crippen LogP contribution in [0.3, 0.4) is 0 Å². The Morgan fingerprint density at radius 1 is 1.42 bits per heavy atom. The number of H-pyrrole nitrogens is 1. The molecular formula is C12H13F2N3O2. The number of aromatic nitrogens is 2. The van der Waals surface area contributed by atoms with Crippen molar-refractivity contribution in [2.24, 2.45) is 5.73 Å². The molecular weight excluding hydrogens is 256 g/mol. The second kappa shape index (κ2) is 5.33. The van der Waals surface area contributed by atoms with E-state index in [9.17, 15) is 13.9 Å². The molecule has 102 valence electrons. The van der Waals surface area contributed by atoms with Gasteiger partial charge >= 0.3 is 0 Å². The molecule has 0 saturated heterocycles. The molecule has 0 aliphatic rings. The summed E-state index contributed by atoms with van der Waals surface area (Å²) in [5.74, 6) is -1.32. The van der Waals surface area contributed by atoms with E-state index in [0.717, 1.165) is 12.1 Å². The van der Waals surface area contributed by atoms with Crippen LogP contribution >= 0.6 is 0 Å². The first-order valence-electron chi connectivity index (χ1n) is 5.53. The van der Waals surface area contributed by atoms with Crippen molar-refractivity contribution in [3.8, 4) is 17.0 Å². The van der Waals surface area contributed by atoms with Gasteiger partial charge in [-0.05, 0) is 6.07 Å². The molecule has 0 fully saturated rings. The first kappa shape index (κ1) is 13.4. The fourth-order valence-electron chi connectivity index (χ4n) is 1.65. The number of halogens is 2. The molecule has 1 aromatic carbocycles. The van der Waals surface area contributed by atoms with Gasteiger partial charge in [-0.2, -0.15) is 0 Å². The minimum absolute atomic E-state index is 0.00118. The maximum Gasteiger partial charge on any atom is 0.165 e. The van der Waals surface area contributed by atoms with Crippen LogP contribution < -0.4 is 10.5 Å². The molecule has 1 heterocycles. The van der Waals surface area contributed by atoms with E-state index in [0.29, 0.717) is 0 Å². The van der Waals surface area contributed by atoms with Gasteiger partial charge < -0.3 is 20.6 Å². The number of nitrogens with zero attached hydrogens (tertiary/aromatic N) is 1. The molecule has 19 heavy (non-hydrogen) atoms. The van der Waals surface area contributed by atoms with Crippen LogP contribution in [0.2, 0.25) is 0 Å². The topological polar surface area (TPSA) is 84.2 Å². The molecule has 4 N–H and O–H groups in total. The van der Waals surface area contributed by atoms with Crippen LogP contribution in [0, 0.1) is 11.6 Å². The summed E-state index contributed by atoms with van der Waals surface area (Å²) in [6.45, 7) is -0.0214. The van der Waals surface area contributed by atoms with Crippen LogP contribution in [0.4, 0.5) is 8.78 Å². The number of benzene rings is 1. The monoisotopic (exact) mass is 269 g/mol. The number of imidazole rings is 1. The molecule has 0 spiro atoms. The lowest BCUT2D eigenvalue weighted by atomic mass is 10.1. The Morgan fingerprint density at radius 2 is 2.16 bits per heavy atom. The molecule has 7 heteroatoms. The number of hydrogen-bond acceptors (Lipinski definition) is 4. The molecule has 1 atom stereocenters. The Hall–Kier alpha value is -1.99. The van der Waals surface area contributed by atoms with Crippen LogP contribution in [0.15, 0.2) is 18.3 Å². The van der Waals surface area contributed by atoms with Crippen molar-refractivity contribution in [2.45, 2.75) is 6.10 Å². The first-order valence-corrected chi connectivity index (χ1v) is 5.53. The van der Waals surface area contributed by atoms with Crippen molar-refractivity contribution in [1.29, 1.82) is 0 Å². The summed E-state index contributed by atoms with van der Waals surface area (Å²) in [6, 6.07) is 1.95. The Morgan fingerprint density at radius 3 is 2.79 bits per heavy atom. The van der Waals surface area contributed by atoms with Crippen molar-refractivity contribution in [3.05, 3.63) is 35.8 Å². The summed E-state index contributed by atoms with van der Waals surface area (Å²) in [7, 11) is 1.25. The van der Waals surface area contributed by atoms with E-state index in [4.69, 9.17) is 5.73 Å². The van der Waals surface area contributed by atoms with Crippen LogP contribution in [0.1, 0.15) is 11.9 Å². The fourth-order valence-corrected chi connectivity index (χ4v) is 1.65. The molecule has 0 radical (unpaired) electrons. The molecule has 1 aromatic heterocycles. The minimum Gasteiger partial charge on any atom is -0.494 e. The lowest BCUT2D eigenvalue weighted by Gasteiger charge is -2.06. The van der Waals surface area contributed by atoms with Gasteiger partial charge in [-0.15, -0.1) is 0 Å². The van der Waals surface area contributed by atoms with Gasteiger partial charge in [0.1, 0.15) is 17.7 Å². The van der Waals surface area contributed by atoms with E-state index in [1.54, 1.807) is 0 Å². The molecule has 2 rings (SSSR count). The number of nitrogens with two attached hydrogens (primary N) is 1. The summed E-state index contributed by atoms with van der Waals surface area (Å²) in [5.41, 5.74) is 5.54. The van der Waals surface area contributed by atoms with Gasteiger partial charge in [0.2, 0.25) is 0 Å². The number of rotatable bonds is 4. The van der Waals surface area contributed by atoms with Crippen LogP contribution in [0.25, 0.3) is 11.3 Å². The highest BCUT2D eigenvalue weighted by atomic mass is 19.1. The minimum atomic E-state index is -0.972. The largest absolute Gasteiger partial charge is 0.494 e. The van der Waals surface area contributed by atoms with Crippen LogP contribution in [-0.4, -0.2) is 28.7 Å². The Balaban J connectivity index is 2.42. The Kier molecular flexibility index (Phi) is 3.77. The standard InChI is InChI=1S/C12H13F2N3O2/c1-19-11-3-7(13)6(2-8(11)14)9-5-16-12(17-9)10(18)4-15/h2-3,5,10,18H,4,15H2,1H3,(H,16,17). The van der Waals surface area contributed by atoms with E-state index >= 15 is 0 Å². The number of nitrogens with one attached hydrogen (secondary N) is 1. The summed E-state index contributed by atoms with van der Waals surface area (Å²) in [6.07, 6.45) is 0.332. The quantitative estimate of drug-likeness (QED) is 0.782. The lowest BCUT2D eigenvalue weighted by molar-refractivity contribution is 0.177. The molecule has 2 aromatic rings. The number of aliphatic hydroxyl groups excluding tert-OH is 1. The van der Waals surface area contributed by atoms with E-state index in [1.807, 2.05) is 0 Å². The van der Waals surface area contributed by atoms with Crippen molar-refractivity contribution < 1.29 is 18.6 Å². The van der Waals surface area contributed by atoms with E-state index in [-0.39, 0.29) is 29.4 Å². The maximum absolute atomic E-state index is 13.8. The highest BCUT2D eigenvalue weighted by Gasteiger charge is 2.16. The number of aromatic amines is 1. The fraction of sp³-hybridized carbons (Fsp3) is 0.250. The zero-order valence-corrected chi connectivity index (χ0v) is 10.2. The zero-order chi connectivity index (χ0) is 14.0. The molecule has 1 unspecified atom stereocenters. The van der Waals surface area contributed by atoms with Gasteiger partial charge in [-0.3, -0.25) is 0 Å². The van der Waals surface area contributed by atoms with Crippen molar-refractivity contribution >= 4 is 0 Å². The number of methoxy groups -OCH3 is 1. The number of hydrogen-bond donors (Lipinski definition) is 3. The van der Waals surface area contributed by atoms with Gasteiger partial charge in [0.05, 0.1) is 19.0 Å². The van der Waals surface area contributed by atoms with E-state index < -0.39 is 17.7 Å². The van der Waals surface area contributed by atoms with Crippen molar-refractivity contribution in [2.75, 3.05) is 13.7 Å². The average Bonchev–Trinajstić information content (AvgIpc) is 2.89. The molecule has 0 bridgehead atoms. The predicted molar refractivity (Wildman–Crippen MR) is 64.5 cm³/mol. The third-order valence-corrected chi connectivity index (χ3v) is 2.67. The van der Waals surface area contributed by atoms with Crippen LogP contribution in [0.5, 0.6) is 5.75 Å². The second-order valence-corrected chi connectivity index (χ2v) is 3.90. The molecule has 0 saturated carbocycles. The van der Waals surface area contributed by atoms with E-state index in [1.165, 1.54) is 13.3 Å². The summed E-state index contributed by atoms with van der Waals surface area (Å²) >= 11 is 0. The summed E-state index contributed by atoms with van der Waals surface area (Å²) < 4.78 is 32.0. The highest BCUT2D eigenvalue weighted by molar-refractivity contribution is 5.61. The molecule has 0 aliphatic heterocycles. The predicted octanol–water partition coefficient (Wildman–Crippen LogP) is 1.36. The molecule has 5 nitrogen and oxygen atoms in total. The summed E-state index contributed by atoms with van der Waals surface area (Å²) in [4.78, 5) is 6.57.